The first-order chi connectivity index (χ1) is 30.2. The minimum Gasteiger partial charge on any atom is -0.456 e. The van der Waals surface area contributed by atoms with Crippen molar-refractivity contribution in [2.24, 2.45) is 0 Å². The van der Waals surface area contributed by atoms with Crippen molar-refractivity contribution in [1.29, 1.82) is 0 Å². The fraction of sp³-hybridized carbons (Fsp3) is 0.107. The highest BCUT2D eigenvalue weighted by Gasteiger charge is 2.44. The number of hydrogen-bond donors (Lipinski definition) is 0. The highest BCUT2D eigenvalue weighted by Crippen LogP contribution is 2.50. The third-order valence-electron chi connectivity index (χ3n) is 13.6. The minimum atomic E-state index is -0.130. The summed E-state index contributed by atoms with van der Waals surface area (Å²) in [7, 11) is 0. The number of thiophene rings is 1. The monoisotopic (exact) mass is 815 g/mol. The highest BCUT2D eigenvalue weighted by molar-refractivity contribution is 7.26. The molecule has 11 aromatic rings. The lowest BCUT2D eigenvalue weighted by Crippen LogP contribution is -2.60. The summed E-state index contributed by atoms with van der Waals surface area (Å²) in [6, 6.07) is 60.8. The van der Waals surface area contributed by atoms with Crippen molar-refractivity contribution in [3.63, 3.8) is 0 Å². The van der Waals surface area contributed by atoms with E-state index >= 15 is 0 Å². The Bertz CT molecular complexity index is 3650. The predicted octanol–water partition coefficient (Wildman–Crippen LogP) is 13.9. The number of hydrogen-bond acceptors (Lipinski definition) is 4. The van der Waals surface area contributed by atoms with Gasteiger partial charge in [-0.1, -0.05) is 124 Å². The maximum Gasteiger partial charge on any atom is 0.252 e. The number of para-hydroxylation sites is 4. The largest absolute Gasteiger partial charge is 0.456 e. The maximum atomic E-state index is 6.64. The van der Waals surface area contributed by atoms with Gasteiger partial charge < -0.3 is 18.8 Å². The summed E-state index contributed by atoms with van der Waals surface area (Å²) in [6.45, 7) is 11.5. The summed E-state index contributed by atoms with van der Waals surface area (Å²) in [5.74, 6) is 0. The molecule has 0 radical (unpaired) electrons. The predicted molar refractivity (Wildman–Crippen MR) is 266 cm³/mol. The Kier molecular flexibility index (Phi) is 7.35. The Balaban J connectivity index is 1.20. The second-order valence-electron chi connectivity index (χ2n) is 18.2. The number of benzene rings is 8. The van der Waals surface area contributed by atoms with E-state index in [2.05, 4.69) is 213 Å². The third kappa shape index (κ3) is 4.84. The zero-order valence-corrected chi connectivity index (χ0v) is 36.1. The lowest BCUT2D eigenvalue weighted by molar-refractivity contribution is 0.590. The minimum absolute atomic E-state index is 0.00598. The van der Waals surface area contributed by atoms with Crippen molar-refractivity contribution in [3.8, 4) is 5.69 Å². The summed E-state index contributed by atoms with van der Waals surface area (Å²) in [6.07, 6.45) is 0. The molecule has 4 nitrogen and oxygen atoms in total. The van der Waals surface area contributed by atoms with Gasteiger partial charge >= 0.3 is 0 Å². The maximum absolute atomic E-state index is 6.64. The van der Waals surface area contributed by atoms with E-state index in [0.717, 1.165) is 44.7 Å². The number of fused-ring (bicyclic) bond motifs is 12. The van der Waals surface area contributed by atoms with Crippen LogP contribution >= 0.6 is 11.3 Å². The smallest absolute Gasteiger partial charge is 0.252 e. The summed E-state index contributed by atoms with van der Waals surface area (Å²) in [4.78, 5) is 5.04. The zero-order chi connectivity index (χ0) is 41.6. The molecule has 0 fully saturated rings. The van der Waals surface area contributed by atoms with Crippen molar-refractivity contribution < 1.29 is 4.42 Å². The first kappa shape index (κ1) is 35.7. The molecule has 0 aliphatic carbocycles. The lowest BCUT2D eigenvalue weighted by Gasteiger charge is -2.42. The molecule has 296 valence electrons. The number of nitrogens with zero attached hydrogens (tertiary/aromatic N) is 3. The van der Waals surface area contributed by atoms with Gasteiger partial charge in [-0.05, 0) is 113 Å². The zero-order valence-electron chi connectivity index (χ0n) is 35.3. The van der Waals surface area contributed by atoms with E-state index in [9.17, 15) is 0 Å². The molecule has 62 heavy (non-hydrogen) atoms. The average Bonchev–Trinajstić information content (AvgIpc) is 3.96. The van der Waals surface area contributed by atoms with E-state index in [4.69, 9.17) is 4.42 Å². The molecule has 0 atom stereocenters. The molecule has 0 bridgehead atoms. The number of aryl methyl sites for hydroxylation is 2. The number of aromatic nitrogens is 1. The van der Waals surface area contributed by atoms with E-state index in [-0.39, 0.29) is 12.1 Å². The SMILES string of the molecule is Cc1ccccc1N(c1ccc2c(c1)N(c1cccc3oc4ccccc4c13)c1cc(C(C)(C)C)cc3c1B2c1cccc2c4sc5ccccc5c4n-3c12)c1ccccc1C. The van der Waals surface area contributed by atoms with Crippen LogP contribution in [0, 0.1) is 13.8 Å². The lowest BCUT2D eigenvalue weighted by atomic mass is 9.33. The van der Waals surface area contributed by atoms with E-state index in [0.29, 0.717) is 0 Å². The van der Waals surface area contributed by atoms with Crippen LogP contribution in [0.5, 0.6) is 0 Å². The molecule has 0 unspecified atom stereocenters. The van der Waals surface area contributed by atoms with Crippen LogP contribution in [0.15, 0.2) is 168 Å². The Morgan fingerprint density at radius 1 is 0.548 bits per heavy atom. The van der Waals surface area contributed by atoms with Crippen LogP contribution < -0.4 is 26.2 Å². The molecule has 2 aliphatic rings. The van der Waals surface area contributed by atoms with Crippen LogP contribution in [0.25, 0.3) is 58.8 Å². The molecule has 13 rings (SSSR count). The molecule has 0 amide bonds. The van der Waals surface area contributed by atoms with Gasteiger partial charge in [0.05, 0.1) is 26.8 Å². The van der Waals surface area contributed by atoms with Gasteiger partial charge in [0.2, 0.25) is 0 Å². The van der Waals surface area contributed by atoms with Crippen LogP contribution in [-0.4, -0.2) is 11.3 Å². The molecule has 0 saturated carbocycles. The summed E-state index contributed by atoms with van der Waals surface area (Å²) in [5, 5.41) is 4.87. The van der Waals surface area contributed by atoms with Crippen molar-refractivity contribution in [2.75, 3.05) is 9.80 Å². The summed E-state index contributed by atoms with van der Waals surface area (Å²) in [5.41, 5.74) is 20.2. The van der Waals surface area contributed by atoms with Gasteiger partial charge in [-0.15, -0.1) is 11.3 Å². The van der Waals surface area contributed by atoms with Gasteiger partial charge in [0.25, 0.3) is 6.71 Å². The molecule has 2 aliphatic heterocycles. The molecular formula is C56H42BN3OS. The number of rotatable bonds is 4. The molecule has 6 heteroatoms. The molecular weight excluding hydrogens is 774 g/mol. The Morgan fingerprint density at radius 2 is 1.21 bits per heavy atom. The van der Waals surface area contributed by atoms with Crippen LogP contribution in [0.2, 0.25) is 0 Å². The first-order valence-corrected chi connectivity index (χ1v) is 22.5. The van der Waals surface area contributed by atoms with Crippen molar-refractivity contribution in [1.82, 2.24) is 4.57 Å². The molecule has 8 aromatic carbocycles. The van der Waals surface area contributed by atoms with Crippen molar-refractivity contribution >= 4 is 122 Å². The third-order valence-corrected chi connectivity index (χ3v) is 14.8. The van der Waals surface area contributed by atoms with Gasteiger partial charge in [-0.2, -0.15) is 0 Å². The normalized spacial score (nSPS) is 13.2. The van der Waals surface area contributed by atoms with E-state index in [1.165, 1.54) is 81.3 Å². The Labute approximate surface area is 364 Å². The van der Waals surface area contributed by atoms with Gasteiger partial charge in [0.1, 0.15) is 11.2 Å². The molecule has 0 N–H and O–H groups in total. The molecule has 3 aromatic heterocycles. The second kappa shape index (κ2) is 12.8. The van der Waals surface area contributed by atoms with Crippen LogP contribution in [0.4, 0.5) is 34.1 Å². The topological polar surface area (TPSA) is 24.6 Å². The average molecular weight is 816 g/mol. The van der Waals surface area contributed by atoms with Gasteiger partial charge in [-0.25, -0.2) is 0 Å². The van der Waals surface area contributed by atoms with Gasteiger partial charge in [0, 0.05) is 55.0 Å². The van der Waals surface area contributed by atoms with Crippen LogP contribution in [0.1, 0.15) is 37.5 Å². The molecule has 0 spiro atoms. The van der Waals surface area contributed by atoms with E-state index in [1.807, 2.05) is 11.3 Å². The summed E-state index contributed by atoms with van der Waals surface area (Å²) < 4.78 is 11.9. The fourth-order valence-electron chi connectivity index (χ4n) is 10.7. The second-order valence-corrected chi connectivity index (χ2v) is 19.3. The van der Waals surface area contributed by atoms with Gasteiger partial charge in [-0.3, -0.25) is 0 Å². The van der Waals surface area contributed by atoms with Crippen LogP contribution in [0.3, 0.4) is 0 Å². The first-order valence-electron chi connectivity index (χ1n) is 21.6. The van der Waals surface area contributed by atoms with Crippen molar-refractivity contribution in [2.45, 2.75) is 40.0 Å². The van der Waals surface area contributed by atoms with E-state index in [1.54, 1.807) is 0 Å². The Hall–Kier alpha value is -7.02. The molecule has 0 saturated heterocycles. The summed E-state index contributed by atoms with van der Waals surface area (Å²) >= 11 is 1.92. The number of furan rings is 1. The van der Waals surface area contributed by atoms with Crippen molar-refractivity contribution in [3.05, 3.63) is 180 Å². The molecule has 5 heterocycles. The standard InChI is InChI=1S/C56H42BN3OS/c1-33-16-6-10-22-42(33)58(43-23-11-7-17-34(43)2)36-28-29-40-45(32-36)59(44-24-15-26-49-51(44)37-18-8-12-25-48(37)61-49)46-30-35(56(3,4)5)31-47-52(46)57(40)41-21-14-20-39-53(41)60(47)54-38-19-9-13-27-50(38)62-55(39)54/h6-32H,1-5H3. The number of anilines is 6. The van der Waals surface area contributed by atoms with E-state index < -0.39 is 0 Å². The highest BCUT2D eigenvalue weighted by atomic mass is 32.1. The van der Waals surface area contributed by atoms with Crippen LogP contribution in [-0.2, 0) is 5.41 Å². The Morgan fingerprint density at radius 3 is 1.98 bits per heavy atom. The van der Waals surface area contributed by atoms with Gasteiger partial charge in [0.15, 0.2) is 0 Å². The quantitative estimate of drug-likeness (QED) is 0.165. The fourth-order valence-corrected chi connectivity index (χ4v) is 11.9.